The fraction of sp³-hybridized carbons (Fsp3) is 0.467. The summed E-state index contributed by atoms with van der Waals surface area (Å²) in [5, 5.41) is 0.669. The van der Waals surface area contributed by atoms with Crippen molar-refractivity contribution in [3.63, 3.8) is 0 Å². The van der Waals surface area contributed by atoms with Gasteiger partial charge in [-0.25, -0.2) is 0 Å². The number of amides is 2. The van der Waals surface area contributed by atoms with Crippen LogP contribution in [-0.4, -0.2) is 34.6 Å². The number of halogens is 2. The number of piperidine rings is 1. The molecule has 1 saturated heterocycles. The summed E-state index contributed by atoms with van der Waals surface area (Å²) in [5.41, 5.74) is 6.25. The molecule has 21 heavy (non-hydrogen) atoms. The number of likely N-dealkylation sites (tertiary alicyclic amines) is 1. The van der Waals surface area contributed by atoms with Gasteiger partial charge in [-0.05, 0) is 30.9 Å². The summed E-state index contributed by atoms with van der Waals surface area (Å²) in [4.78, 5) is 25.0. The normalized spacial score (nSPS) is 17.5. The number of hydrogen-bond acceptors (Lipinski definition) is 2. The van der Waals surface area contributed by atoms with Crippen molar-refractivity contribution in [2.45, 2.75) is 24.1 Å². The molecule has 0 spiro atoms. The average Bonchev–Trinajstić information content (AvgIpc) is 2.49. The van der Waals surface area contributed by atoms with Crippen molar-refractivity contribution in [1.82, 2.24) is 4.90 Å². The molecule has 0 aromatic heterocycles. The summed E-state index contributed by atoms with van der Waals surface area (Å²) in [6.45, 7) is 1.16. The topological polar surface area (TPSA) is 63.4 Å². The Balaban J connectivity index is 1.92. The van der Waals surface area contributed by atoms with E-state index >= 15 is 0 Å². The van der Waals surface area contributed by atoms with Crippen LogP contribution in [0.25, 0.3) is 0 Å². The van der Waals surface area contributed by atoms with E-state index in [9.17, 15) is 9.59 Å². The van der Waals surface area contributed by atoms with Crippen LogP contribution >= 0.6 is 27.5 Å². The molecule has 0 saturated carbocycles. The molecule has 1 aromatic rings. The lowest BCUT2D eigenvalue weighted by atomic mass is 9.96. The Hall–Kier alpha value is -1.07. The fourth-order valence-electron chi connectivity index (χ4n) is 2.53. The van der Waals surface area contributed by atoms with Crippen LogP contribution in [0, 0.1) is 5.92 Å². The van der Waals surface area contributed by atoms with Gasteiger partial charge in [0, 0.05) is 24.0 Å². The summed E-state index contributed by atoms with van der Waals surface area (Å²) in [6.07, 6.45) is 1.84. The molecule has 2 amide bonds. The first kappa shape index (κ1) is 16.3. The highest BCUT2D eigenvalue weighted by Crippen LogP contribution is 2.23. The fourth-order valence-corrected chi connectivity index (χ4v) is 3.38. The van der Waals surface area contributed by atoms with E-state index in [4.69, 9.17) is 17.3 Å². The molecule has 1 aliphatic heterocycles. The summed E-state index contributed by atoms with van der Waals surface area (Å²) in [5.74, 6) is -0.335. The van der Waals surface area contributed by atoms with Gasteiger partial charge in [-0.1, -0.05) is 45.7 Å². The van der Waals surface area contributed by atoms with Crippen LogP contribution in [0.1, 0.15) is 18.4 Å². The number of alkyl halides is 1. The standard InChI is InChI=1S/C15H18BrClN2O2/c16-12(9-11-3-1-2-4-13(11)17)15(21)19-7-5-10(6-8-19)14(18)20/h1-4,10,12H,5-9H2,(H2,18,20). The third-order valence-corrected chi connectivity index (χ3v) is 4.92. The smallest absolute Gasteiger partial charge is 0.236 e. The van der Waals surface area contributed by atoms with Gasteiger partial charge in [0.15, 0.2) is 0 Å². The van der Waals surface area contributed by atoms with E-state index < -0.39 is 0 Å². The molecule has 1 unspecified atom stereocenters. The number of nitrogens with two attached hydrogens (primary N) is 1. The van der Waals surface area contributed by atoms with Gasteiger partial charge in [0.2, 0.25) is 11.8 Å². The predicted molar refractivity (Wildman–Crippen MR) is 86.4 cm³/mol. The van der Waals surface area contributed by atoms with Gasteiger partial charge in [-0.2, -0.15) is 0 Å². The second kappa shape index (κ2) is 7.27. The lowest BCUT2D eigenvalue weighted by molar-refractivity contribution is -0.134. The number of carbonyl (C=O) groups is 2. The zero-order chi connectivity index (χ0) is 15.4. The van der Waals surface area contributed by atoms with Crippen LogP contribution in [0.3, 0.4) is 0 Å². The van der Waals surface area contributed by atoms with Crippen LogP contribution in [-0.2, 0) is 16.0 Å². The Labute approximate surface area is 137 Å². The molecule has 1 heterocycles. The third kappa shape index (κ3) is 4.20. The highest BCUT2D eigenvalue weighted by molar-refractivity contribution is 9.10. The summed E-state index contributed by atoms with van der Waals surface area (Å²) in [6, 6.07) is 7.51. The Morgan fingerprint density at radius 2 is 1.95 bits per heavy atom. The molecule has 1 atom stereocenters. The number of rotatable bonds is 4. The lowest BCUT2D eigenvalue weighted by Gasteiger charge is -2.32. The van der Waals surface area contributed by atoms with Gasteiger partial charge >= 0.3 is 0 Å². The van der Waals surface area contributed by atoms with E-state index in [0.717, 1.165) is 5.56 Å². The zero-order valence-corrected chi connectivity index (χ0v) is 13.9. The molecule has 0 bridgehead atoms. The molecule has 4 nitrogen and oxygen atoms in total. The quantitative estimate of drug-likeness (QED) is 0.824. The van der Waals surface area contributed by atoms with Crippen molar-refractivity contribution in [3.05, 3.63) is 34.9 Å². The van der Waals surface area contributed by atoms with Crippen LogP contribution < -0.4 is 5.73 Å². The molecule has 0 aliphatic carbocycles. The second-order valence-corrected chi connectivity index (χ2v) is 6.78. The predicted octanol–water partition coefficient (Wildman–Crippen LogP) is 2.37. The molecule has 0 radical (unpaired) electrons. The van der Waals surface area contributed by atoms with Gasteiger partial charge in [-0.15, -0.1) is 0 Å². The Kier molecular flexibility index (Phi) is 5.65. The summed E-state index contributed by atoms with van der Waals surface area (Å²) < 4.78 is 0. The number of carbonyl (C=O) groups excluding carboxylic acids is 2. The van der Waals surface area contributed by atoms with E-state index in [-0.39, 0.29) is 22.6 Å². The van der Waals surface area contributed by atoms with E-state index in [0.29, 0.717) is 37.4 Å². The highest BCUT2D eigenvalue weighted by Gasteiger charge is 2.29. The minimum Gasteiger partial charge on any atom is -0.369 e. The van der Waals surface area contributed by atoms with E-state index in [1.54, 1.807) is 4.90 Å². The average molecular weight is 374 g/mol. The molecule has 1 aliphatic rings. The van der Waals surface area contributed by atoms with Gasteiger partial charge < -0.3 is 10.6 Å². The second-order valence-electron chi connectivity index (χ2n) is 5.26. The van der Waals surface area contributed by atoms with Gasteiger partial charge in [0.05, 0.1) is 4.83 Å². The van der Waals surface area contributed by atoms with Crippen LogP contribution in [0.2, 0.25) is 5.02 Å². The summed E-state index contributed by atoms with van der Waals surface area (Å²) >= 11 is 9.57. The highest BCUT2D eigenvalue weighted by atomic mass is 79.9. The molecular formula is C15H18BrClN2O2. The van der Waals surface area contributed by atoms with Crippen molar-refractivity contribution in [2.24, 2.45) is 11.7 Å². The molecule has 1 aromatic carbocycles. The Bertz CT molecular complexity index is 530. The van der Waals surface area contributed by atoms with Crippen LogP contribution in [0.4, 0.5) is 0 Å². The van der Waals surface area contributed by atoms with Gasteiger partial charge in [0.1, 0.15) is 0 Å². The zero-order valence-electron chi connectivity index (χ0n) is 11.6. The molecule has 6 heteroatoms. The molecule has 2 rings (SSSR count). The van der Waals surface area contributed by atoms with E-state index in [1.807, 2.05) is 24.3 Å². The first-order valence-corrected chi connectivity index (χ1v) is 8.24. The number of primary amides is 1. The SMILES string of the molecule is NC(=O)C1CCN(C(=O)C(Br)Cc2ccccc2Cl)CC1. The third-order valence-electron chi connectivity index (χ3n) is 3.83. The van der Waals surface area contributed by atoms with E-state index in [1.165, 1.54) is 0 Å². The van der Waals surface area contributed by atoms with Crippen molar-refractivity contribution < 1.29 is 9.59 Å². The Morgan fingerprint density at radius 3 is 2.52 bits per heavy atom. The first-order valence-electron chi connectivity index (χ1n) is 6.94. The monoisotopic (exact) mass is 372 g/mol. The maximum absolute atomic E-state index is 12.4. The van der Waals surface area contributed by atoms with Crippen LogP contribution in [0.15, 0.2) is 24.3 Å². The van der Waals surface area contributed by atoms with E-state index in [2.05, 4.69) is 15.9 Å². The molecular weight excluding hydrogens is 356 g/mol. The van der Waals surface area contributed by atoms with Gasteiger partial charge in [0.25, 0.3) is 0 Å². The number of benzene rings is 1. The molecule has 114 valence electrons. The van der Waals surface area contributed by atoms with Crippen molar-refractivity contribution in [3.8, 4) is 0 Å². The maximum Gasteiger partial charge on any atom is 0.236 e. The largest absolute Gasteiger partial charge is 0.369 e. The lowest BCUT2D eigenvalue weighted by Crippen LogP contribution is -2.44. The van der Waals surface area contributed by atoms with Crippen molar-refractivity contribution >= 4 is 39.3 Å². The molecule has 1 fully saturated rings. The van der Waals surface area contributed by atoms with Crippen molar-refractivity contribution in [1.29, 1.82) is 0 Å². The Morgan fingerprint density at radius 1 is 1.33 bits per heavy atom. The molecule has 2 N–H and O–H groups in total. The first-order chi connectivity index (χ1) is 9.99. The number of nitrogens with zero attached hydrogens (tertiary/aromatic N) is 1. The minimum atomic E-state index is -0.303. The minimum absolute atomic E-state index is 0.0397. The maximum atomic E-state index is 12.4. The van der Waals surface area contributed by atoms with Crippen LogP contribution in [0.5, 0.6) is 0 Å². The van der Waals surface area contributed by atoms with Gasteiger partial charge in [-0.3, -0.25) is 9.59 Å². The summed E-state index contributed by atoms with van der Waals surface area (Å²) in [7, 11) is 0. The number of hydrogen-bond donors (Lipinski definition) is 1. The van der Waals surface area contributed by atoms with Crippen molar-refractivity contribution in [2.75, 3.05) is 13.1 Å².